The van der Waals surface area contributed by atoms with Crippen LogP contribution in [0.4, 0.5) is 0 Å². The van der Waals surface area contributed by atoms with Crippen LogP contribution in [0.3, 0.4) is 0 Å². The van der Waals surface area contributed by atoms with Crippen LogP contribution in [0.5, 0.6) is 0 Å². The van der Waals surface area contributed by atoms with Crippen molar-refractivity contribution in [3.05, 3.63) is 30.1 Å². The third kappa shape index (κ3) is 1.94. The van der Waals surface area contributed by atoms with Gasteiger partial charge in [0.25, 0.3) is 0 Å². The van der Waals surface area contributed by atoms with Gasteiger partial charge in [-0.1, -0.05) is 6.07 Å². The second kappa shape index (κ2) is 4.07. The fraction of sp³-hybridized carbons (Fsp3) is 0.545. The minimum atomic E-state index is 0.348. The standard InChI is InChI=1S/C11H17N3/c1-9(11-4-2-3-6-13-11)14-7-5-10(12)8-14/h2-4,6,9-10H,5,7-8,12H2,1H3/t9-,10-/m1/s1. The first kappa shape index (κ1) is 9.62. The maximum atomic E-state index is 5.88. The summed E-state index contributed by atoms with van der Waals surface area (Å²) in [7, 11) is 0. The van der Waals surface area contributed by atoms with E-state index in [1.807, 2.05) is 18.3 Å². The number of pyridine rings is 1. The van der Waals surface area contributed by atoms with Crippen molar-refractivity contribution in [1.82, 2.24) is 9.88 Å². The van der Waals surface area contributed by atoms with Gasteiger partial charge in [-0.3, -0.25) is 9.88 Å². The summed E-state index contributed by atoms with van der Waals surface area (Å²) in [6, 6.07) is 6.81. The van der Waals surface area contributed by atoms with Gasteiger partial charge in [-0.05, 0) is 25.5 Å². The predicted octanol–water partition coefficient (Wildman–Crippen LogP) is 1.18. The van der Waals surface area contributed by atoms with Crippen LogP contribution in [0, 0.1) is 0 Å². The molecule has 2 rings (SSSR count). The van der Waals surface area contributed by atoms with Gasteiger partial charge in [0.15, 0.2) is 0 Å². The van der Waals surface area contributed by atoms with E-state index in [1.165, 1.54) is 0 Å². The molecule has 14 heavy (non-hydrogen) atoms. The number of nitrogens with zero attached hydrogens (tertiary/aromatic N) is 2. The van der Waals surface area contributed by atoms with E-state index in [0.29, 0.717) is 12.1 Å². The molecule has 1 fully saturated rings. The van der Waals surface area contributed by atoms with Gasteiger partial charge in [-0.15, -0.1) is 0 Å². The lowest BCUT2D eigenvalue weighted by molar-refractivity contribution is 0.255. The van der Waals surface area contributed by atoms with E-state index in [2.05, 4.69) is 22.9 Å². The molecule has 1 aromatic heterocycles. The molecule has 3 heteroatoms. The van der Waals surface area contributed by atoms with Gasteiger partial charge in [-0.25, -0.2) is 0 Å². The van der Waals surface area contributed by atoms with Crippen LogP contribution in [0.2, 0.25) is 0 Å². The first-order chi connectivity index (χ1) is 6.77. The van der Waals surface area contributed by atoms with Crippen molar-refractivity contribution in [2.45, 2.75) is 25.4 Å². The lowest BCUT2D eigenvalue weighted by Crippen LogP contribution is -2.29. The lowest BCUT2D eigenvalue weighted by atomic mass is 10.2. The zero-order valence-corrected chi connectivity index (χ0v) is 8.56. The summed E-state index contributed by atoms with van der Waals surface area (Å²) in [6.45, 7) is 4.29. The van der Waals surface area contributed by atoms with Crippen molar-refractivity contribution < 1.29 is 0 Å². The Bertz CT molecular complexity index is 286. The van der Waals surface area contributed by atoms with E-state index >= 15 is 0 Å². The van der Waals surface area contributed by atoms with E-state index in [1.54, 1.807) is 0 Å². The molecule has 0 unspecified atom stereocenters. The molecule has 1 aromatic rings. The maximum Gasteiger partial charge on any atom is 0.0572 e. The summed E-state index contributed by atoms with van der Waals surface area (Å²) in [5.74, 6) is 0. The highest BCUT2D eigenvalue weighted by Crippen LogP contribution is 2.21. The Morgan fingerprint density at radius 3 is 3.00 bits per heavy atom. The second-order valence-corrected chi connectivity index (χ2v) is 3.97. The third-order valence-electron chi connectivity index (χ3n) is 2.92. The van der Waals surface area contributed by atoms with Crippen LogP contribution in [0.1, 0.15) is 25.1 Å². The first-order valence-corrected chi connectivity index (χ1v) is 5.18. The Hall–Kier alpha value is -0.930. The normalized spacial score (nSPS) is 25.1. The highest BCUT2D eigenvalue weighted by atomic mass is 15.2. The second-order valence-electron chi connectivity index (χ2n) is 3.97. The zero-order chi connectivity index (χ0) is 9.97. The van der Waals surface area contributed by atoms with Gasteiger partial charge < -0.3 is 5.73 Å². The van der Waals surface area contributed by atoms with E-state index in [-0.39, 0.29) is 0 Å². The van der Waals surface area contributed by atoms with Crippen molar-refractivity contribution in [1.29, 1.82) is 0 Å². The zero-order valence-electron chi connectivity index (χ0n) is 8.56. The smallest absolute Gasteiger partial charge is 0.0572 e. The molecule has 0 bridgehead atoms. The van der Waals surface area contributed by atoms with Crippen molar-refractivity contribution in [3.63, 3.8) is 0 Å². The van der Waals surface area contributed by atoms with E-state index in [9.17, 15) is 0 Å². The number of hydrogen-bond acceptors (Lipinski definition) is 3. The van der Waals surface area contributed by atoms with Crippen molar-refractivity contribution in [2.24, 2.45) is 5.73 Å². The number of nitrogens with two attached hydrogens (primary N) is 1. The van der Waals surface area contributed by atoms with Crippen molar-refractivity contribution in [3.8, 4) is 0 Å². The van der Waals surface area contributed by atoms with Crippen LogP contribution in [0.25, 0.3) is 0 Å². The summed E-state index contributed by atoms with van der Waals surface area (Å²) in [5, 5.41) is 0. The molecule has 2 atom stereocenters. The molecular weight excluding hydrogens is 174 g/mol. The monoisotopic (exact) mass is 191 g/mol. The van der Waals surface area contributed by atoms with Gasteiger partial charge in [0, 0.05) is 31.4 Å². The quantitative estimate of drug-likeness (QED) is 0.763. The molecule has 3 nitrogen and oxygen atoms in total. The fourth-order valence-electron chi connectivity index (χ4n) is 1.98. The molecule has 0 amide bonds. The van der Waals surface area contributed by atoms with E-state index < -0.39 is 0 Å². The largest absolute Gasteiger partial charge is 0.326 e. The molecule has 0 radical (unpaired) electrons. The Morgan fingerprint density at radius 2 is 2.43 bits per heavy atom. The van der Waals surface area contributed by atoms with Gasteiger partial charge in [-0.2, -0.15) is 0 Å². The summed E-state index contributed by atoms with van der Waals surface area (Å²) < 4.78 is 0. The third-order valence-corrected chi connectivity index (χ3v) is 2.92. The molecular formula is C11H17N3. The molecule has 2 heterocycles. The number of aromatic nitrogens is 1. The highest BCUT2D eigenvalue weighted by molar-refractivity contribution is 5.08. The van der Waals surface area contributed by atoms with Gasteiger partial charge in [0.1, 0.15) is 0 Å². The van der Waals surface area contributed by atoms with Crippen LogP contribution in [-0.2, 0) is 0 Å². The first-order valence-electron chi connectivity index (χ1n) is 5.18. The molecule has 0 aliphatic carbocycles. The van der Waals surface area contributed by atoms with Gasteiger partial charge in [0.2, 0.25) is 0 Å². The summed E-state index contributed by atoms with van der Waals surface area (Å²) in [4.78, 5) is 6.76. The lowest BCUT2D eigenvalue weighted by Gasteiger charge is -2.23. The molecule has 0 saturated carbocycles. The molecule has 1 aliphatic rings. The van der Waals surface area contributed by atoms with Crippen LogP contribution in [-0.4, -0.2) is 29.0 Å². The topological polar surface area (TPSA) is 42.2 Å². The van der Waals surface area contributed by atoms with Crippen molar-refractivity contribution >= 4 is 0 Å². The van der Waals surface area contributed by atoms with Crippen molar-refractivity contribution in [2.75, 3.05) is 13.1 Å². The van der Waals surface area contributed by atoms with E-state index in [0.717, 1.165) is 25.2 Å². The Morgan fingerprint density at radius 1 is 1.57 bits per heavy atom. The molecule has 0 spiro atoms. The Labute approximate surface area is 84.9 Å². The summed E-state index contributed by atoms with van der Waals surface area (Å²) >= 11 is 0. The Kier molecular flexibility index (Phi) is 2.79. The minimum absolute atomic E-state index is 0.348. The predicted molar refractivity (Wildman–Crippen MR) is 56.8 cm³/mol. The SMILES string of the molecule is C[C@H](c1ccccn1)N1CC[C@@H](N)C1. The summed E-state index contributed by atoms with van der Waals surface area (Å²) in [5.41, 5.74) is 7.02. The maximum absolute atomic E-state index is 5.88. The number of rotatable bonds is 2. The fourth-order valence-corrected chi connectivity index (χ4v) is 1.98. The molecule has 0 aromatic carbocycles. The number of likely N-dealkylation sites (tertiary alicyclic amines) is 1. The average molecular weight is 191 g/mol. The Balaban J connectivity index is 2.05. The molecule has 1 saturated heterocycles. The van der Waals surface area contributed by atoms with Crippen LogP contribution >= 0.6 is 0 Å². The highest BCUT2D eigenvalue weighted by Gasteiger charge is 2.24. The van der Waals surface area contributed by atoms with Crippen LogP contribution < -0.4 is 5.73 Å². The number of hydrogen-bond donors (Lipinski definition) is 1. The van der Waals surface area contributed by atoms with Gasteiger partial charge in [0.05, 0.1) is 5.69 Å². The van der Waals surface area contributed by atoms with Crippen LogP contribution in [0.15, 0.2) is 24.4 Å². The van der Waals surface area contributed by atoms with E-state index in [4.69, 9.17) is 5.73 Å². The van der Waals surface area contributed by atoms with Gasteiger partial charge >= 0.3 is 0 Å². The average Bonchev–Trinajstić information content (AvgIpc) is 2.65. The summed E-state index contributed by atoms with van der Waals surface area (Å²) in [6.07, 6.45) is 2.96. The molecule has 76 valence electrons. The molecule has 2 N–H and O–H groups in total. The molecule has 1 aliphatic heterocycles. The minimum Gasteiger partial charge on any atom is -0.326 e.